The van der Waals surface area contributed by atoms with Gasteiger partial charge < -0.3 is 25.0 Å². The Balaban J connectivity index is 2.59. The first-order valence-corrected chi connectivity index (χ1v) is 13.4. The van der Waals surface area contributed by atoms with Crippen molar-refractivity contribution < 1.29 is 23.9 Å². The molecule has 0 spiro atoms. The van der Waals surface area contributed by atoms with Gasteiger partial charge in [-0.3, -0.25) is 9.59 Å². The number of carbonyl (C=O) groups is 3. The first kappa shape index (κ1) is 31.7. The Hall–Kier alpha value is -3.55. The largest absolute Gasteiger partial charge is 0.497 e. The minimum absolute atomic E-state index is 0.210. The number of benzene rings is 2. The third-order valence-corrected chi connectivity index (χ3v) is 6.33. The molecule has 0 aliphatic heterocycles. The number of nitrogens with one attached hydrogen (secondary N) is 2. The molecule has 0 aromatic heterocycles. The second kappa shape index (κ2) is 13.0. The summed E-state index contributed by atoms with van der Waals surface area (Å²) in [6, 6.07) is 12.7. The predicted octanol–water partition coefficient (Wildman–Crippen LogP) is 6.25. The SMILES string of the molecule is CCC(C)C(NC(=O)OC(C)(C)C)C(=O)N(C(C(=O)Nc1ccc(OC)cc1)c1cccc(C)c1)C(C)(C)C. The fraction of sp³-hybridized carbons (Fsp3) is 0.516. The summed E-state index contributed by atoms with van der Waals surface area (Å²) >= 11 is 0. The van der Waals surface area contributed by atoms with Gasteiger partial charge in [-0.15, -0.1) is 0 Å². The van der Waals surface area contributed by atoms with Gasteiger partial charge in [0.05, 0.1) is 7.11 Å². The van der Waals surface area contributed by atoms with Crippen LogP contribution in [-0.2, 0) is 14.3 Å². The summed E-state index contributed by atoms with van der Waals surface area (Å²) in [5.74, 6) is -0.273. The van der Waals surface area contributed by atoms with E-state index in [0.717, 1.165) is 5.56 Å². The number of nitrogens with zero attached hydrogens (tertiary/aromatic N) is 1. The summed E-state index contributed by atoms with van der Waals surface area (Å²) in [6.07, 6.45) is -0.0399. The minimum atomic E-state index is -0.966. The Morgan fingerprint density at radius 3 is 2.08 bits per heavy atom. The number of hydrogen-bond acceptors (Lipinski definition) is 5. The van der Waals surface area contributed by atoms with Crippen LogP contribution in [0.15, 0.2) is 48.5 Å². The van der Waals surface area contributed by atoms with Crippen molar-refractivity contribution in [2.45, 2.75) is 92.0 Å². The van der Waals surface area contributed by atoms with Gasteiger partial charge >= 0.3 is 6.09 Å². The lowest BCUT2D eigenvalue weighted by molar-refractivity contribution is -0.147. The number of anilines is 1. The van der Waals surface area contributed by atoms with Crippen LogP contribution in [0.2, 0.25) is 0 Å². The monoisotopic (exact) mass is 539 g/mol. The van der Waals surface area contributed by atoms with E-state index in [-0.39, 0.29) is 17.7 Å². The van der Waals surface area contributed by atoms with E-state index in [9.17, 15) is 14.4 Å². The van der Waals surface area contributed by atoms with E-state index in [4.69, 9.17) is 9.47 Å². The summed E-state index contributed by atoms with van der Waals surface area (Å²) in [7, 11) is 1.58. The molecule has 2 aromatic rings. The van der Waals surface area contributed by atoms with E-state index in [1.807, 2.05) is 65.8 Å². The fourth-order valence-electron chi connectivity index (χ4n) is 4.26. The van der Waals surface area contributed by atoms with E-state index in [2.05, 4.69) is 10.6 Å². The number of hydrogen-bond donors (Lipinski definition) is 2. The van der Waals surface area contributed by atoms with Gasteiger partial charge in [0.15, 0.2) is 0 Å². The number of amides is 3. The average Bonchev–Trinajstić information content (AvgIpc) is 2.83. The Labute approximate surface area is 233 Å². The molecule has 3 unspecified atom stereocenters. The molecule has 0 fully saturated rings. The van der Waals surface area contributed by atoms with Gasteiger partial charge in [-0.25, -0.2) is 4.79 Å². The lowest BCUT2D eigenvalue weighted by Gasteiger charge is -2.44. The number of rotatable bonds is 9. The molecular weight excluding hydrogens is 494 g/mol. The second-order valence-electron chi connectivity index (χ2n) is 11.9. The van der Waals surface area contributed by atoms with Crippen LogP contribution in [0.4, 0.5) is 10.5 Å². The molecule has 8 nitrogen and oxygen atoms in total. The maximum Gasteiger partial charge on any atom is 0.408 e. The predicted molar refractivity (Wildman–Crippen MR) is 155 cm³/mol. The zero-order chi connectivity index (χ0) is 29.5. The number of alkyl carbamates (subject to hydrolysis) is 1. The zero-order valence-corrected chi connectivity index (χ0v) is 25.0. The van der Waals surface area contributed by atoms with Crippen LogP contribution < -0.4 is 15.4 Å². The average molecular weight is 540 g/mol. The van der Waals surface area contributed by atoms with Crippen LogP contribution in [0.3, 0.4) is 0 Å². The van der Waals surface area contributed by atoms with E-state index in [1.54, 1.807) is 57.0 Å². The molecule has 0 radical (unpaired) electrons. The van der Waals surface area contributed by atoms with Crippen LogP contribution in [0, 0.1) is 12.8 Å². The summed E-state index contributed by atoms with van der Waals surface area (Å²) in [6.45, 7) is 16.8. The molecule has 3 amide bonds. The molecule has 0 aliphatic rings. The number of ether oxygens (including phenoxy) is 2. The van der Waals surface area contributed by atoms with Gasteiger partial charge in [-0.2, -0.15) is 0 Å². The van der Waals surface area contributed by atoms with Crippen molar-refractivity contribution in [2.24, 2.45) is 5.92 Å². The third kappa shape index (κ3) is 9.01. The Kier molecular flexibility index (Phi) is 10.6. The summed E-state index contributed by atoms with van der Waals surface area (Å²) < 4.78 is 10.7. The van der Waals surface area contributed by atoms with Crippen molar-refractivity contribution in [1.29, 1.82) is 0 Å². The highest BCUT2D eigenvalue weighted by atomic mass is 16.6. The molecule has 0 saturated carbocycles. The molecule has 2 N–H and O–H groups in total. The molecule has 0 bridgehead atoms. The number of aryl methyl sites for hydroxylation is 1. The molecule has 8 heteroatoms. The normalized spacial score (nSPS) is 14.0. The molecule has 0 aliphatic carbocycles. The highest BCUT2D eigenvalue weighted by Gasteiger charge is 2.43. The third-order valence-electron chi connectivity index (χ3n) is 6.33. The van der Waals surface area contributed by atoms with E-state index >= 15 is 0 Å². The van der Waals surface area contributed by atoms with Crippen molar-refractivity contribution >= 4 is 23.6 Å². The number of methoxy groups -OCH3 is 1. The smallest absolute Gasteiger partial charge is 0.408 e. The Bertz CT molecular complexity index is 1130. The van der Waals surface area contributed by atoms with E-state index in [1.165, 1.54) is 0 Å². The van der Waals surface area contributed by atoms with Gasteiger partial charge in [-0.1, -0.05) is 50.1 Å². The quantitative estimate of drug-likeness (QED) is 0.393. The van der Waals surface area contributed by atoms with Crippen molar-refractivity contribution in [2.75, 3.05) is 12.4 Å². The standard InChI is InChI=1S/C31H45N3O5/c1-11-21(3)25(33-29(37)39-31(7,8)9)28(36)34(30(4,5)6)26(22-14-12-13-20(2)19-22)27(35)32-23-15-17-24(38-10)18-16-23/h12-19,21,25-26H,11H2,1-10H3,(H,32,35)(H,33,37). The molecule has 0 saturated heterocycles. The highest BCUT2D eigenvalue weighted by Crippen LogP contribution is 2.32. The van der Waals surface area contributed by atoms with Gasteiger partial charge in [0.2, 0.25) is 5.91 Å². The lowest BCUT2D eigenvalue weighted by Crippen LogP contribution is -2.59. The molecule has 0 heterocycles. The molecule has 2 aromatic carbocycles. The summed E-state index contributed by atoms with van der Waals surface area (Å²) in [5, 5.41) is 5.77. The van der Waals surface area contributed by atoms with Gasteiger partial charge in [0, 0.05) is 11.2 Å². The lowest BCUT2D eigenvalue weighted by atomic mass is 9.91. The molecule has 3 atom stereocenters. The fourth-order valence-corrected chi connectivity index (χ4v) is 4.26. The first-order valence-electron chi connectivity index (χ1n) is 13.4. The van der Waals surface area contributed by atoms with Crippen molar-refractivity contribution in [3.8, 4) is 5.75 Å². The van der Waals surface area contributed by atoms with Crippen molar-refractivity contribution in [3.63, 3.8) is 0 Å². The number of carbonyl (C=O) groups excluding carboxylic acids is 3. The molecule has 39 heavy (non-hydrogen) atoms. The van der Waals surface area contributed by atoms with Gasteiger partial charge in [0.1, 0.15) is 23.4 Å². The minimum Gasteiger partial charge on any atom is -0.497 e. The zero-order valence-electron chi connectivity index (χ0n) is 25.0. The highest BCUT2D eigenvalue weighted by molar-refractivity contribution is 5.99. The summed E-state index contributed by atoms with van der Waals surface area (Å²) in [5.41, 5.74) is 0.708. The van der Waals surface area contributed by atoms with Crippen molar-refractivity contribution in [1.82, 2.24) is 10.2 Å². The van der Waals surface area contributed by atoms with Crippen LogP contribution in [0.25, 0.3) is 0 Å². The Morgan fingerprint density at radius 2 is 1.59 bits per heavy atom. The Morgan fingerprint density at radius 1 is 0.974 bits per heavy atom. The van der Waals surface area contributed by atoms with Crippen LogP contribution in [-0.4, -0.2) is 47.1 Å². The van der Waals surface area contributed by atoms with Crippen molar-refractivity contribution in [3.05, 3.63) is 59.7 Å². The topological polar surface area (TPSA) is 97.0 Å². The maximum absolute atomic E-state index is 14.4. The van der Waals surface area contributed by atoms with Gasteiger partial charge in [-0.05, 0) is 84.2 Å². The molecule has 2 rings (SSSR count). The molecule has 214 valence electrons. The molecular formula is C31H45N3O5. The summed E-state index contributed by atoms with van der Waals surface area (Å²) in [4.78, 5) is 42.7. The van der Waals surface area contributed by atoms with Crippen LogP contribution >= 0.6 is 0 Å². The van der Waals surface area contributed by atoms with Crippen LogP contribution in [0.1, 0.15) is 79.0 Å². The van der Waals surface area contributed by atoms with Crippen LogP contribution in [0.5, 0.6) is 5.75 Å². The van der Waals surface area contributed by atoms with Gasteiger partial charge in [0.25, 0.3) is 5.91 Å². The van der Waals surface area contributed by atoms with E-state index < -0.39 is 29.3 Å². The van der Waals surface area contributed by atoms with E-state index in [0.29, 0.717) is 23.4 Å². The maximum atomic E-state index is 14.4. The first-order chi connectivity index (χ1) is 18.1. The second-order valence-corrected chi connectivity index (χ2v) is 11.9.